The van der Waals surface area contributed by atoms with E-state index in [-0.39, 0.29) is 0 Å². The van der Waals surface area contributed by atoms with E-state index in [1.807, 2.05) is 18.7 Å². The summed E-state index contributed by atoms with van der Waals surface area (Å²) in [5.74, 6) is 0.568. The van der Waals surface area contributed by atoms with Crippen LogP contribution in [0.5, 0.6) is 0 Å². The van der Waals surface area contributed by atoms with Gasteiger partial charge in [-0.05, 0) is 60.3 Å². The minimum atomic E-state index is 0.568. The summed E-state index contributed by atoms with van der Waals surface area (Å²) in [5, 5.41) is 7.99. The highest BCUT2D eigenvalue weighted by molar-refractivity contribution is 9.10. The second kappa shape index (κ2) is 7.76. The molecule has 4 heteroatoms. The Bertz CT molecular complexity index is 563. The lowest BCUT2D eigenvalue weighted by Crippen LogP contribution is -2.26. The number of benzene rings is 1. The van der Waals surface area contributed by atoms with Gasteiger partial charge in [-0.15, -0.1) is 0 Å². The number of aryl methyl sites for hydroxylation is 2. The first-order valence-electron chi connectivity index (χ1n) is 7.54. The van der Waals surface area contributed by atoms with Crippen LogP contribution in [0.1, 0.15) is 23.9 Å². The van der Waals surface area contributed by atoms with E-state index in [4.69, 9.17) is 0 Å². The standard InChI is InChI=1S/C17H24BrN3/c1-4-19-12-15(10-14-8-6-5-7-9-14)11-16-17(18)13(2)20-21(16)3/h5-9,15,19H,4,10-12H2,1-3H3. The van der Waals surface area contributed by atoms with Crippen molar-refractivity contribution in [2.45, 2.75) is 26.7 Å². The molecule has 114 valence electrons. The summed E-state index contributed by atoms with van der Waals surface area (Å²) < 4.78 is 3.16. The molecule has 2 aromatic rings. The van der Waals surface area contributed by atoms with Gasteiger partial charge in [0, 0.05) is 7.05 Å². The van der Waals surface area contributed by atoms with Crippen molar-refractivity contribution in [3.8, 4) is 0 Å². The quantitative estimate of drug-likeness (QED) is 0.828. The average Bonchev–Trinajstić information content (AvgIpc) is 2.72. The predicted molar refractivity (Wildman–Crippen MR) is 91.5 cm³/mol. The van der Waals surface area contributed by atoms with Crippen molar-refractivity contribution < 1.29 is 0 Å². The maximum Gasteiger partial charge on any atom is 0.0738 e. The molecule has 1 aromatic carbocycles. The van der Waals surface area contributed by atoms with E-state index in [1.165, 1.54) is 11.3 Å². The van der Waals surface area contributed by atoms with Gasteiger partial charge in [0.25, 0.3) is 0 Å². The number of aromatic nitrogens is 2. The van der Waals surface area contributed by atoms with Crippen LogP contribution < -0.4 is 5.32 Å². The Labute approximate surface area is 135 Å². The van der Waals surface area contributed by atoms with Crippen molar-refractivity contribution in [2.75, 3.05) is 13.1 Å². The van der Waals surface area contributed by atoms with Crippen molar-refractivity contribution in [1.82, 2.24) is 15.1 Å². The van der Waals surface area contributed by atoms with Crippen molar-refractivity contribution in [3.63, 3.8) is 0 Å². The molecule has 1 atom stereocenters. The van der Waals surface area contributed by atoms with Crippen molar-refractivity contribution >= 4 is 15.9 Å². The van der Waals surface area contributed by atoms with E-state index in [0.717, 1.165) is 36.1 Å². The minimum absolute atomic E-state index is 0.568. The topological polar surface area (TPSA) is 29.9 Å². The third kappa shape index (κ3) is 4.42. The Morgan fingerprint density at radius 1 is 1.24 bits per heavy atom. The largest absolute Gasteiger partial charge is 0.317 e. The molecule has 0 radical (unpaired) electrons. The third-order valence-corrected chi connectivity index (χ3v) is 4.83. The van der Waals surface area contributed by atoms with E-state index in [1.54, 1.807) is 0 Å². The second-order valence-corrected chi connectivity index (χ2v) is 6.33. The van der Waals surface area contributed by atoms with Crippen LogP contribution in [0, 0.1) is 12.8 Å². The molecule has 21 heavy (non-hydrogen) atoms. The van der Waals surface area contributed by atoms with Gasteiger partial charge < -0.3 is 5.32 Å². The molecule has 0 saturated carbocycles. The van der Waals surface area contributed by atoms with E-state index in [2.05, 4.69) is 63.6 Å². The van der Waals surface area contributed by atoms with Crippen molar-refractivity contribution in [1.29, 1.82) is 0 Å². The summed E-state index contributed by atoms with van der Waals surface area (Å²) in [5.41, 5.74) is 3.75. The van der Waals surface area contributed by atoms with Crippen LogP contribution in [0.15, 0.2) is 34.8 Å². The van der Waals surface area contributed by atoms with Crippen LogP contribution in [-0.4, -0.2) is 22.9 Å². The Kier molecular flexibility index (Phi) is 6.00. The summed E-state index contributed by atoms with van der Waals surface area (Å²) in [6.07, 6.45) is 2.12. The molecule has 0 spiro atoms. The first kappa shape index (κ1) is 16.2. The lowest BCUT2D eigenvalue weighted by atomic mass is 9.94. The molecule has 0 amide bonds. The van der Waals surface area contributed by atoms with Crippen LogP contribution in [0.2, 0.25) is 0 Å². The number of hydrogen-bond acceptors (Lipinski definition) is 2. The first-order chi connectivity index (χ1) is 10.1. The van der Waals surface area contributed by atoms with Gasteiger partial charge in [0.05, 0.1) is 15.9 Å². The van der Waals surface area contributed by atoms with Gasteiger partial charge in [0.15, 0.2) is 0 Å². The zero-order valence-corrected chi connectivity index (χ0v) is 14.7. The molecule has 0 aliphatic carbocycles. The highest BCUT2D eigenvalue weighted by Gasteiger charge is 2.17. The summed E-state index contributed by atoms with van der Waals surface area (Å²) in [6, 6.07) is 10.7. The SMILES string of the molecule is CCNCC(Cc1ccccc1)Cc1c(Br)c(C)nn1C. The fraction of sp³-hybridized carbons (Fsp3) is 0.471. The zero-order chi connectivity index (χ0) is 15.2. The van der Waals surface area contributed by atoms with Gasteiger partial charge in [-0.3, -0.25) is 4.68 Å². The van der Waals surface area contributed by atoms with Gasteiger partial charge in [-0.25, -0.2) is 0 Å². The summed E-state index contributed by atoms with van der Waals surface area (Å²) in [4.78, 5) is 0. The molecule has 0 bridgehead atoms. The van der Waals surface area contributed by atoms with Crippen LogP contribution in [0.4, 0.5) is 0 Å². The molecule has 0 aliphatic heterocycles. The molecule has 0 saturated heterocycles. The Morgan fingerprint density at radius 3 is 2.52 bits per heavy atom. The zero-order valence-electron chi connectivity index (χ0n) is 13.1. The van der Waals surface area contributed by atoms with Gasteiger partial charge in [0.2, 0.25) is 0 Å². The maximum absolute atomic E-state index is 4.50. The van der Waals surface area contributed by atoms with Crippen LogP contribution in [-0.2, 0) is 19.9 Å². The molecule has 1 unspecified atom stereocenters. The fourth-order valence-electron chi connectivity index (χ4n) is 2.69. The smallest absolute Gasteiger partial charge is 0.0738 e. The molecule has 1 aromatic heterocycles. The van der Waals surface area contributed by atoms with E-state index in [9.17, 15) is 0 Å². The van der Waals surface area contributed by atoms with Crippen LogP contribution in [0.3, 0.4) is 0 Å². The second-order valence-electron chi connectivity index (χ2n) is 5.54. The maximum atomic E-state index is 4.50. The summed E-state index contributed by atoms with van der Waals surface area (Å²) in [6.45, 7) is 6.24. The van der Waals surface area contributed by atoms with Crippen molar-refractivity contribution in [2.24, 2.45) is 13.0 Å². The minimum Gasteiger partial charge on any atom is -0.317 e. The van der Waals surface area contributed by atoms with Crippen LogP contribution in [0.25, 0.3) is 0 Å². The lowest BCUT2D eigenvalue weighted by Gasteiger charge is -2.18. The highest BCUT2D eigenvalue weighted by Crippen LogP contribution is 2.24. The summed E-state index contributed by atoms with van der Waals surface area (Å²) in [7, 11) is 2.03. The number of rotatable bonds is 7. The van der Waals surface area contributed by atoms with Gasteiger partial charge in [-0.2, -0.15) is 5.10 Å². The summed E-state index contributed by atoms with van der Waals surface area (Å²) >= 11 is 3.68. The number of halogens is 1. The average molecular weight is 350 g/mol. The number of hydrogen-bond donors (Lipinski definition) is 1. The molecule has 3 nitrogen and oxygen atoms in total. The lowest BCUT2D eigenvalue weighted by molar-refractivity contribution is 0.463. The Morgan fingerprint density at radius 2 is 1.95 bits per heavy atom. The molecule has 0 fully saturated rings. The highest BCUT2D eigenvalue weighted by atomic mass is 79.9. The monoisotopic (exact) mass is 349 g/mol. The van der Waals surface area contributed by atoms with Gasteiger partial charge in [0.1, 0.15) is 0 Å². The Balaban J connectivity index is 2.12. The predicted octanol–water partition coefficient (Wildman–Crippen LogP) is 3.50. The van der Waals surface area contributed by atoms with Gasteiger partial charge in [-0.1, -0.05) is 37.3 Å². The van der Waals surface area contributed by atoms with Crippen molar-refractivity contribution in [3.05, 3.63) is 51.8 Å². The fourth-order valence-corrected chi connectivity index (χ4v) is 3.19. The van der Waals surface area contributed by atoms with Gasteiger partial charge >= 0.3 is 0 Å². The number of nitrogens with zero attached hydrogens (tertiary/aromatic N) is 2. The molecular formula is C17H24BrN3. The molecule has 1 N–H and O–H groups in total. The third-order valence-electron chi connectivity index (χ3n) is 3.79. The first-order valence-corrected chi connectivity index (χ1v) is 8.33. The normalized spacial score (nSPS) is 12.6. The molecular weight excluding hydrogens is 326 g/mol. The molecule has 1 heterocycles. The molecule has 2 rings (SSSR count). The van der Waals surface area contributed by atoms with E-state index >= 15 is 0 Å². The van der Waals surface area contributed by atoms with E-state index in [0.29, 0.717) is 5.92 Å². The van der Waals surface area contributed by atoms with Crippen LogP contribution >= 0.6 is 15.9 Å². The number of nitrogens with one attached hydrogen (secondary N) is 1. The Hall–Kier alpha value is -1.13. The van der Waals surface area contributed by atoms with E-state index < -0.39 is 0 Å². The molecule has 0 aliphatic rings.